The molecule has 2 saturated heterocycles. The van der Waals surface area contributed by atoms with Gasteiger partial charge < -0.3 is 24.4 Å². The lowest BCUT2D eigenvalue weighted by Gasteiger charge is -2.28. The summed E-state index contributed by atoms with van der Waals surface area (Å²) in [5.74, 6) is -0.529. The number of rotatable bonds is 3. The van der Waals surface area contributed by atoms with E-state index in [1.54, 1.807) is 4.90 Å². The number of hydrogen-bond acceptors (Lipinski definition) is 4. The predicted octanol–water partition coefficient (Wildman–Crippen LogP) is 0.181. The normalized spacial score (nSPS) is 23.7. The summed E-state index contributed by atoms with van der Waals surface area (Å²) in [6, 6.07) is -0.0325. The molecule has 2 aliphatic rings. The summed E-state index contributed by atoms with van der Waals surface area (Å²) in [4.78, 5) is 13.5. The Morgan fingerprint density at radius 3 is 2.53 bits per heavy atom. The number of nitrogens with one attached hydrogen (secondary N) is 1. The van der Waals surface area contributed by atoms with Gasteiger partial charge in [0.2, 0.25) is 0 Å². The molecule has 0 aromatic carbocycles. The second-order valence-corrected chi connectivity index (χ2v) is 4.41. The van der Waals surface area contributed by atoms with Gasteiger partial charge in [0.25, 0.3) is 0 Å². The molecule has 2 rings (SSSR count). The van der Waals surface area contributed by atoms with Crippen molar-refractivity contribution in [3.05, 3.63) is 0 Å². The molecule has 1 N–H and O–H groups in total. The van der Waals surface area contributed by atoms with Crippen molar-refractivity contribution in [2.45, 2.75) is 19.1 Å². The maximum atomic E-state index is 11.8. The monoisotopic (exact) mass is 244 g/mol. The molecule has 0 radical (unpaired) electrons. The van der Waals surface area contributed by atoms with Gasteiger partial charge in [-0.25, -0.2) is 4.79 Å². The molecular weight excluding hydrogens is 224 g/mol. The van der Waals surface area contributed by atoms with E-state index in [-0.39, 0.29) is 6.03 Å². The lowest BCUT2D eigenvalue weighted by Crippen LogP contribution is -2.47. The molecule has 0 saturated carbocycles. The minimum atomic E-state index is -0.529. The zero-order valence-electron chi connectivity index (χ0n) is 10.2. The molecule has 0 bridgehead atoms. The smallest absolute Gasteiger partial charge is 0.317 e. The standard InChI is InChI=1S/C11H20N2O4/c1-11(16-8-9-17-11)2-3-12-10(14)13-4-6-15-7-5-13/h2-9H2,1H3,(H,12,14). The molecule has 6 heteroatoms. The summed E-state index contributed by atoms with van der Waals surface area (Å²) in [5.41, 5.74) is 0. The van der Waals surface area contributed by atoms with Crippen molar-refractivity contribution in [2.24, 2.45) is 0 Å². The third-order valence-electron chi connectivity index (χ3n) is 3.05. The Labute approximate surface area is 101 Å². The lowest BCUT2D eigenvalue weighted by molar-refractivity contribution is -0.145. The van der Waals surface area contributed by atoms with E-state index in [1.165, 1.54) is 0 Å². The summed E-state index contributed by atoms with van der Waals surface area (Å²) in [5, 5.41) is 2.88. The molecule has 17 heavy (non-hydrogen) atoms. The molecule has 2 amide bonds. The highest BCUT2D eigenvalue weighted by Gasteiger charge is 2.30. The van der Waals surface area contributed by atoms with Crippen LogP contribution in [-0.2, 0) is 14.2 Å². The fourth-order valence-electron chi connectivity index (χ4n) is 1.98. The first-order valence-corrected chi connectivity index (χ1v) is 6.08. The molecule has 0 unspecified atom stereocenters. The Kier molecular flexibility index (Phi) is 4.20. The van der Waals surface area contributed by atoms with Gasteiger partial charge in [-0.15, -0.1) is 0 Å². The van der Waals surface area contributed by atoms with Gasteiger partial charge in [-0.2, -0.15) is 0 Å². The summed E-state index contributed by atoms with van der Waals surface area (Å²) in [6.07, 6.45) is 0.670. The van der Waals surface area contributed by atoms with Gasteiger partial charge in [0.15, 0.2) is 5.79 Å². The van der Waals surface area contributed by atoms with Crippen molar-refractivity contribution in [1.29, 1.82) is 0 Å². The number of amides is 2. The minimum Gasteiger partial charge on any atom is -0.378 e. The van der Waals surface area contributed by atoms with Crippen LogP contribution in [0.25, 0.3) is 0 Å². The van der Waals surface area contributed by atoms with Crippen LogP contribution in [0.1, 0.15) is 13.3 Å². The van der Waals surface area contributed by atoms with E-state index in [0.29, 0.717) is 52.5 Å². The average molecular weight is 244 g/mol. The molecule has 98 valence electrons. The first kappa shape index (κ1) is 12.6. The molecule has 0 aliphatic carbocycles. The Balaban J connectivity index is 1.65. The third kappa shape index (κ3) is 3.55. The van der Waals surface area contributed by atoms with Crippen LogP contribution in [0.5, 0.6) is 0 Å². The molecule has 0 aromatic heterocycles. The Bertz CT molecular complexity index is 260. The summed E-state index contributed by atoms with van der Waals surface area (Å²) < 4.78 is 16.1. The van der Waals surface area contributed by atoms with Crippen LogP contribution >= 0.6 is 0 Å². The van der Waals surface area contributed by atoms with Crippen LogP contribution in [0.2, 0.25) is 0 Å². The van der Waals surface area contributed by atoms with E-state index in [9.17, 15) is 4.79 Å². The van der Waals surface area contributed by atoms with Crippen molar-refractivity contribution in [3.63, 3.8) is 0 Å². The maximum absolute atomic E-state index is 11.8. The zero-order valence-corrected chi connectivity index (χ0v) is 10.2. The summed E-state index contributed by atoms with van der Waals surface area (Å²) in [7, 11) is 0. The number of ether oxygens (including phenoxy) is 3. The largest absolute Gasteiger partial charge is 0.378 e. The van der Waals surface area contributed by atoms with Crippen molar-refractivity contribution >= 4 is 6.03 Å². The molecule has 0 spiro atoms. The molecule has 2 heterocycles. The topological polar surface area (TPSA) is 60.0 Å². The van der Waals surface area contributed by atoms with E-state index in [0.717, 1.165) is 0 Å². The van der Waals surface area contributed by atoms with Gasteiger partial charge in [0, 0.05) is 26.1 Å². The number of carbonyl (C=O) groups is 1. The van der Waals surface area contributed by atoms with Gasteiger partial charge >= 0.3 is 6.03 Å². The van der Waals surface area contributed by atoms with Gasteiger partial charge in [-0.1, -0.05) is 0 Å². The quantitative estimate of drug-likeness (QED) is 0.769. The van der Waals surface area contributed by atoms with E-state index >= 15 is 0 Å². The molecule has 6 nitrogen and oxygen atoms in total. The molecular formula is C11H20N2O4. The van der Waals surface area contributed by atoms with Crippen LogP contribution in [0, 0.1) is 0 Å². The molecule has 2 fully saturated rings. The minimum absolute atomic E-state index is 0.0325. The number of urea groups is 1. The van der Waals surface area contributed by atoms with Gasteiger partial charge in [-0.05, 0) is 6.92 Å². The number of carbonyl (C=O) groups excluding carboxylic acids is 1. The van der Waals surface area contributed by atoms with Gasteiger partial charge in [-0.3, -0.25) is 0 Å². The maximum Gasteiger partial charge on any atom is 0.317 e. The Morgan fingerprint density at radius 2 is 1.88 bits per heavy atom. The first-order valence-electron chi connectivity index (χ1n) is 6.08. The molecule has 2 aliphatic heterocycles. The Hall–Kier alpha value is -0.850. The first-order chi connectivity index (χ1) is 8.20. The third-order valence-corrected chi connectivity index (χ3v) is 3.05. The molecule has 0 aromatic rings. The fraction of sp³-hybridized carbons (Fsp3) is 0.909. The highest BCUT2D eigenvalue weighted by molar-refractivity contribution is 5.74. The average Bonchev–Trinajstić information content (AvgIpc) is 2.77. The van der Waals surface area contributed by atoms with Crippen LogP contribution in [0.3, 0.4) is 0 Å². The fourth-order valence-corrected chi connectivity index (χ4v) is 1.98. The van der Waals surface area contributed by atoms with Crippen LogP contribution < -0.4 is 5.32 Å². The number of nitrogens with zero attached hydrogens (tertiary/aromatic N) is 1. The van der Waals surface area contributed by atoms with Gasteiger partial charge in [0.1, 0.15) is 0 Å². The highest BCUT2D eigenvalue weighted by Crippen LogP contribution is 2.21. The van der Waals surface area contributed by atoms with Crippen molar-refractivity contribution < 1.29 is 19.0 Å². The van der Waals surface area contributed by atoms with E-state index in [2.05, 4.69) is 5.32 Å². The second kappa shape index (κ2) is 5.66. The molecule has 0 atom stereocenters. The summed E-state index contributed by atoms with van der Waals surface area (Å²) >= 11 is 0. The highest BCUT2D eigenvalue weighted by atomic mass is 16.7. The van der Waals surface area contributed by atoms with Crippen LogP contribution in [0.15, 0.2) is 0 Å². The van der Waals surface area contributed by atoms with Crippen molar-refractivity contribution in [1.82, 2.24) is 10.2 Å². The SMILES string of the molecule is CC1(CCNC(=O)N2CCOCC2)OCCO1. The van der Waals surface area contributed by atoms with Crippen molar-refractivity contribution in [2.75, 3.05) is 46.1 Å². The Morgan fingerprint density at radius 1 is 1.24 bits per heavy atom. The van der Waals surface area contributed by atoms with E-state index < -0.39 is 5.79 Å². The lowest BCUT2D eigenvalue weighted by atomic mass is 10.2. The van der Waals surface area contributed by atoms with Crippen LogP contribution in [-0.4, -0.2) is 62.8 Å². The van der Waals surface area contributed by atoms with E-state index in [1.807, 2.05) is 6.92 Å². The summed E-state index contributed by atoms with van der Waals surface area (Å²) in [6.45, 7) is 6.30. The van der Waals surface area contributed by atoms with Gasteiger partial charge in [0.05, 0.1) is 26.4 Å². The number of morpholine rings is 1. The van der Waals surface area contributed by atoms with Crippen molar-refractivity contribution in [3.8, 4) is 0 Å². The van der Waals surface area contributed by atoms with E-state index in [4.69, 9.17) is 14.2 Å². The number of hydrogen-bond donors (Lipinski definition) is 1. The second-order valence-electron chi connectivity index (χ2n) is 4.41. The predicted molar refractivity (Wildman–Crippen MR) is 60.7 cm³/mol. The zero-order chi connectivity index (χ0) is 12.1. The van der Waals surface area contributed by atoms with Crippen LogP contribution in [0.4, 0.5) is 4.79 Å².